The number of amides is 1. The van der Waals surface area contributed by atoms with E-state index in [4.69, 9.17) is 9.84 Å². The van der Waals surface area contributed by atoms with Gasteiger partial charge in [-0.1, -0.05) is 0 Å². The van der Waals surface area contributed by atoms with Gasteiger partial charge >= 0.3 is 5.97 Å². The van der Waals surface area contributed by atoms with Crippen LogP contribution in [0.25, 0.3) is 0 Å². The molecule has 2 atom stereocenters. The maximum Gasteiger partial charge on any atom is 0.328 e. The second kappa shape index (κ2) is 5.81. The minimum absolute atomic E-state index is 0.0680. The predicted molar refractivity (Wildman–Crippen MR) is 64.4 cm³/mol. The molecule has 0 saturated heterocycles. The molecule has 2 rings (SSSR count). The standard InChI is InChI=1S/C11H16N4O4/c1-19-4-9(11(17)18)15-10(16)7-2-6-8(3-12-7)14-5-13-6/h5,7,9,12H,2-4H2,1H3,(H,13,14)(H,15,16)(H,17,18). The van der Waals surface area contributed by atoms with Crippen LogP contribution in [-0.4, -0.2) is 52.8 Å². The van der Waals surface area contributed by atoms with Crippen molar-refractivity contribution >= 4 is 11.9 Å². The van der Waals surface area contributed by atoms with Crippen molar-refractivity contribution in [3.8, 4) is 0 Å². The summed E-state index contributed by atoms with van der Waals surface area (Å²) < 4.78 is 4.76. The topological polar surface area (TPSA) is 116 Å². The number of carboxylic acid groups (broad SMARTS) is 1. The Morgan fingerprint density at radius 2 is 2.47 bits per heavy atom. The van der Waals surface area contributed by atoms with Gasteiger partial charge in [-0.05, 0) is 0 Å². The number of nitrogens with zero attached hydrogens (tertiary/aromatic N) is 1. The number of aromatic amines is 1. The Hall–Kier alpha value is -1.93. The molecule has 1 amide bonds. The summed E-state index contributed by atoms with van der Waals surface area (Å²) in [5.74, 6) is -1.48. The predicted octanol–water partition coefficient (Wildman–Crippen LogP) is -1.36. The van der Waals surface area contributed by atoms with Crippen LogP contribution in [0.15, 0.2) is 6.33 Å². The van der Waals surface area contributed by atoms with Gasteiger partial charge in [-0.25, -0.2) is 9.78 Å². The lowest BCUT2D eigenvalue weighted by Crippen LogP contribution is -2.53. The van der Waals surface area contributed by atoms with E-state index in [2.05, 4.69) is 20.6 Å². The van der Waals surface area contributed by atoms with E-state index in [1.54, 1.807) is 6.33 Å². The fraction of sp³-hybridized carbons (Fsp3) is 0.545. The van der Waals surface area contributed by atoms with Crippen molar-refractivity contribution < 1.29 is 19.4 Å². The second-order valence-electron chi connectivity index (χ2n) is 4.32. The summed E-state index contributed by atoms with van der Waals surface area (Å²) in [4.78, 5) is 30.0. The van der Waals surface area contributed by atoms with Crippen LogP contribution in [0, 0.1) is 0 Å². The number of carbonyl (C=O) groups excluding carboxylic acids is 1. The molecule has 0 radical (unpaired) electrons. The first kappa shape index (κ1) is 13.5. The maximum atomic E-state index is 12.0. The van der Waals surface area contributed by atoms with Crippen molar-refractivity contribution in [2.75, 3.05) is 13.7 Å². The molecule has 4 N–H and O–H groups in total. The number of fused-ring (bicyclic) bond motifs is 1. The number of carbonyl (C=O) groups is 2. The molecule has 104 valence electrons. The number of aromatic nitrogens is 2. The van der Waals surface area contributed by atoms with Gasteiger partial charge in [0.1, 0.15) is 0 Å². The lowest BCUT2D eigenvalue weighted by molar-refractivity contribution is -0.143. The minimum atomic E-state index is -1.12. The first-order chi connectivity index (χ1) is 9.11. The van der Waals surface area contributed by atoms with E-state index in [9.17, 15) is 9.59 Å². The molecule has 2 heterocycles. The highest BCUT2D eigenvalue weighted by Crippen LogP contribution is 2.12. The van der Waals surface area contributed by atoms with Gasteiger partial charge in [-0.3, -0.25) is 10.1 Å². The average molecular weight is 268 g/mol. The molecule has 8 heteroatoms. The molecule has 19 heavy (non-hydrogen) atoms. The van der Waals surface area contributed by atoms with Gasteiger partial charge in [0, 0.05) is 20.1 Å². The third-order valence-corrected chi connectivity index (χ3v) is 2.99. The van der Waals surface area contributed by atoms with Crippen LogP contribution in [0.1, 0.15) is 11.4 Å². The van der Waals surface area contributed by atoms with Gasteiger partial charge in [0.15, 0.2) is 6.04 Å². The van der Waals surface area contributed by atoms with Gasteiger partial charge in [-0.2, -0.15) is 0 Å². The monoisotopic (exact) mass is 268 g/mol. The van der Waals surface area contributed by atoms with Gasteiger partial charge in [0.25, 0.3) is 0 Å². The number of hydrogen-bond acceptors (Lipinski definition) is 5. The largest absolute Gasteiger partial charge is 0.480 e. The summed E-state index contributed by atoms with van der Waals surface area (Å²) in [6.45, 7) is 0.441. The first-order valence-electron chi connectivity index (χ1n) is 5.88. The Morgan fingerprint density at radius 3 is 3.16 bits per heavy atom. The van der Waals surface area contributed by atoms with Crippen LogP contribution < -0.4 is 10.6 Å². The number of imidazole rings is 1. The number of rotatable bonds is 5. The number of nitrogens with one attached hydrogen (secondary N) is 3. The van der Waals surface area contributed by atoms with E-state index in [0.717, 1.165) is 11.4 Å². The highest BCUT2D eigenvalue weighted by molar-refractivity contribution is 5.87. The zero-order chi connectivity index (χ0) is 13.8. The molecule has 0 spiro atoms. The molecule has 1 aromatic rings. The number of ether oxygens (including phenoxy) is 1. The third-order valence-electron chi connectivity index (χ3n) is 2.99. The SMILES string of the molecule is COCC(NC(=O)C1Cc2nc[nH]c2CN1)C(=O)O. The number of methoxy groups -OCH3 is 1. The Balaban J connectivity index is 1.95. The highest BCUT2D eigenvalue weighted by Gasteiger charge is 2.29. The zero-order valence-corrected chi connectivity index (χ0v) is 10.5. The van der Waals surface area contributed by atoms with E-state index in [1.807, 2.05) is 0 Å². The molecule has 2 unspecified atom stereocenters. The van der Waals surface area contributed by atoms with Crippen molar-refractivity contribution in [3.05, 3.63) is 17.7 Å². The molecule has 1 aromatic heterocycles. The van der Waals surface area contributed by atoms with Crippen LogP contribution in [0.5, 0.6) is 0 Å². The van der Waals surface area contributed by atoms with E-state index < -0.39 is 18.1 Å². The average Bonchev–Trinajstić information content (AvgIpc) is 2.85. The van der Waals surface area contributed by atoms with Crippen LogP contribution >= 0.6 is 0 Å². The smallest absolute Gasteiger partial charge is 0.328 e. The van der Waals surface area contributed by atoms with Crippen LogP contribution in [0.3, 0.4) is 0 Å². The second-order valence-corrected chi connectivity index (χ2v) is 4.32. The number of carboxylic acids is 1. The Labute approximate surface area is 109 Å². The van der Waals surface area contributed by atoms with E-state index in [0.29, 0.717) is 13.0 Å². The fourth-order valence-electron chi connectivity index (χ4n) is 1.97. The molecular weight excluding hydrogens is 252 g/mol. The zero-order valence-electron chi connectivity index (χ0n) is 10.5. The summed E-state index contributed by atoms with van der Waals surface area (Å²) in [7, 11) is 1.39. The number of H-pyrrole nitrogens is 1. The van der Waals surface area contributed by atoms with Crippen LogP contribution in [-0.2, 0) is 27.3 Å². The summed E-state index contributed by atoms with van der Waals surface area (Å²) in [6, 6.07) is -1.52. The van der Waals surface area contributed by atoms with E-state index in [-0.39, 0.29) is 12.5 Å². The van der Waals surface area contributed by atoms with Crippen molar-refractivity contribution in [2.45, 2.75) is 25.0 Å². The Bertz CT molecular complexity index is 473. The van der Waals surface area contributed by atoms with Gasteiger partial charge < -0.3 is 20.1 Å². The number of aliphatic carboxylic acids is 1. The summed E-state index contributed by atoms with van der Waals surface area (Å²) >= 11 is 0. The molecule has 0 saturated carbocycles. The first-order valence-corrected chi connectivity index (χ1v) is 5.88. The maximum absolute atomic E-state index is 12.0. The Kier molecular flexibility index (Phi) is 4.13. The summed E-state index contributed by atoms with van der Waals surface area (Å²) in [5.41, 5.74) is 1.79. The number of hydrogen-bond donors (Lipinski definition) is 4. The molecule has 8 nitrogen and oxygen atoms in total. The lowest BCUT2D eigenvalue weighted by Gasteiger charge is -2.24. The molecule has 0 bridgehead atoms. The molecule has 0 fully saturated rings. The minimum Gasteiger partial charge on any atom is -0.480 e. The van der Waals surface area contributed by atoms with Gasteiger partial charge in [-0.15, -0.1) is 0 Å². The van der Waals surface area contributed by atoms with Gasteiger partial charge in [0.05, 0.1) is 30.4 Å². The van der Waals surface area contributed by atoms with Crippen molar-refractivity contribution in [3.63, 3.8) is 0 Å². The fourth-order valence-corrected chi connectivity index (χ4v) is 1.97. The normalized spacial score (nSPS) is 19.5. The molecule has 1 aliphatic rings. The highest BCUT2D eigenvalue weighted by atomic mass is 16.5. The third kappa shape index (κ3) is 3.09. The van der Waals surface area contributed by atoms with E-state index in [1.165, 1.54) is 7.11 Å². The molecular formula is C11H16N4O4. The van der Waals surface area contributed by atoms with Crippen LogP contribution in [0.4, 0.5) is 0 Å². The van der Waals surface area contributed by atoms with Gasteiger partial charge in [0.2, 0.25) is 5.91 Å². The summed E-state index contributed by atoms with van der Waals surface area (Å²) in [6.07, 6.45) is 2.02. The quantitative estimate of drug-likeness (QED) is 0.524. The van der Waals surface area contributed by atoms with Crippen molar-refractivity contribution in [1.82, 2.24) is 20.6 Å². The molecule has 0 aromatic carbocycles. The van der Waals surface area contributed by atoms with Crippen molar-refractivity contribution in [1.29, 1.82) is 0 Å². The molecule has 0 aliphatic carbocycles. The Morgan fingerprint density at radius 1 is 1.68 bits per heavy atom. The summed E-state index contributed by atoms with van der Waals surface area (Å²) in [5, 5.41) is 14.4. The van der Waals surface area contributed by atoms with Crippen LogP contribution in [0.2, 0.25) is 0 Å². The lowest BCUT2D eigenvalue weighted by atomic mass is 10.0. The van der Waals surface area contributed by atoms with Crippen molar-refractivity contribution in [2.24, 2.45) is 0 Å². The molecule has 1 aliphatic heterocycles. The van der Waals surface area contributed by atoms with E-state index >= 15 is 0 Å².